The van der Waals surface area contributed by atoms with Crippen LogP contribution in [0.1, 0.15) is 45.5 Å². The molecule has 3 aromatic rings. The van der Waals surface area contributed by atoms with Crippen LogP contribution in [-0.4, -0.2) is 46.6 Å². The minimum atomic E-state index is -1.33. The number of nitrogens with one attached hydrogen (secondary N) is 1. The standard InChI is InChI=1S/C26H26N2O6/c27-22-13-15(25(31)32)9-10-20(22)24(30)23(29)11-12-28-26(33)34-14-21-18-7-3-1-5-16(18)17-6-2-4-8-19(17)21/h1-10,13,21,23-24,29-30H,11-12,14,27H2,(H,28,33)(H,31,32). The van der Waals surface area contributed by atoms with Gasteiger partial charge in [0.25, 0.3) is 0 Å². The number of carboxylic acid groups (broad SMARTS) is 1. The first-order valence-corrected chi connectivity index (χ1v) is 10.9. The van der Waals surface area contributed by atoms with Gasteiger partial charge in [0.2, 0.25) is 0 Å². The number of hydrogen-bond donors (Lipinski definition) is 5. The molecule has 34 heavy (non-hydrogen) atoms. The lowest BCUT2D eigenvalue weighted by Crippen LogP contribution is -2.30. The molecule has 176 valence electrons. The van der Waals surface area contributed by atoms with E-state index >= 15 is 0 Å². The van der Waals surface area contributed by atoms with Crippen molar-refractivity contribution in [1.82, 2.24) is 5.32 Å². The van der Waals surface area contributed by atoms with E-state index in [1.54, 1.807) is 0 Å². The van der Waals surface area contributed by atoms with Crippen molar-refractivity contribution in [3.8, 4) is 11.1 Å². The molecule has 1 amide bonds. The van der Waals surface area contributed by atoms with Crippen LogP contribution in [-0.2, 0) is 4.74 Å². The van der Waals surface area contributed by atoms with Crippen LogP contribution in [0.4, 0.5) is 10.5 Å². The number of alkyl carbamates (subject to hydrolysis) is 1. The summed E-state index contributed by atoms with van der Waals surface area (Å²) in [5, 5.41) is 32.3. The largest absolute Gasteiger partial charge is 0.478 e. The predicted molar refractivity (Wildman–Crippen MR) is 126 cm³/mol. The fourth-order valence-corrected chi connectivity index (χ4v) is 4.31. The minimum absolute atomic E-state index is 0.0140. The molecule has 0 bridgehead atoms. The van der Waals surface area contributed by atoms with Gasteiger partial charge < -0.3 is 31.1 Å². The maximum Gasteiger partial charge on any atom is 0.407 e. The minimum Gasteiger partial charge on any atom is -0.478 e. The van der Waals surface area contributed by atoms with Crippen molar-refractivity contribution in [2.75, 3.05) is 18.9 Å². The molecular weight excluding hydrogens is 436 g/mol. The molecule has 2 atom stereocenters. The number of rotatable bonds is 8. The summed E-state index contributed by atoms with van der Waals surface area (Å²) in [6, 6.07) is 20.0. The fraction of sp³-hybridized carbons (Fsp3) is 0.231. The predicted octanol–water partition coefficient (Wildman–Crippen LogP) is 3.29. The Balaban J connectivity index is 1.28. The Kier molecular flexibility index (Phi) is 6.81. The van der Waals surface area contributed by atoms with E-state index in [0.717, 1.165) is 22.3 Å². The van der Waals surface area contributed by atoms with E-state index in [1.807, 2.05) is 36.4 Å². The van der Waals surface area contributed by atoms with Crippen molar-refractivity contribution >= 4 is 17.7 Å². The molecule has 0 aliphatic heterocycles. The summed E-state index contributed by atoms with van der Waals surface area (Å²) in [6.45, 7) is 0.250. The Labute approximate surface area is 196 Å². The number of nitrogen functional groups attached to an aromatic ring is 1. The molecule has 8 nitrogen and oxygen atoms in total. The normalized spacial score (nSPS) is 14.1. The number of ether oxygens (including phenoxy) is 1. The molecule has 8 heteroatoms. The summed E-state index contributed by atoms with van der Waals surface area (Å²) >= 11 is 0. The van der Waals surface area contributed by atoms with Crippen LogP contribution in [0.15, 0.2) is 66.7 Å². The second kappa shape index (κ2) is 9.94. The van der Waals surface area contributed by atoms with Crippen molar-refractivity contribution in [3.05, 3.63) is 89.0 Å². The van der Waals surface area contributed by atoms with Gasteiger partial charge in [-0.3, -0.25) is 0 Å². The highest BCUT2D eigenvalue weighted by atomic mass is 16.5. The topological polar surface area (TPSA) is 142 Å². The van der Waals surface area contributed by atoms with Crippen molar-refractivity contribution < 1.29 is 29.6 Å². The molecule has 2 unspecified atom stereocenters. The number of aliphatic hydroxyl groups is 2. The number of nitrogens with two attached hydrogens (primary N) is 1. The molecule has 0 saturated heterocycles. The van der Waals surface area contributed by atoms with Crippen LogP contribution >= 0.6 is 0 Å². The lowest BCUT2D eigenvalue weighted by molar-refractivity contribution is 0.0141. The molecule has 6 N–H and O–H groups in total. The smallest absolute Gasteiger partial charge is 0.407 e. The lowest BCUT2D eigenvalue weighted by Gasteiger charge is -2.20. The van der Waals surface area contributed by atoms with Crippen LogP contribution in [0.2, 0.25) is 0 Å². The number of hydrogen-bond acceptors (Lipinski definition) is 6. The summed E-state index contributed by atoms with van der Waals surface area (Å²) in [5.74, 6) is -1.19. The molecule has 0 aromatic heterocycles. The molecule has 0 saturated carbocycles. The molecule has 3 aromatic carbocycles. The second-order valence-electron chi connectivity index (χ2n) is 8.20. The van der Waals surface area contributed by atoms with E-state index in [9.17, 15) is 19.8 Å². The van der Waals surface area contributed by atoms with Gasteiger partial charge >= 0.3 is 12.1 Å². The SMILES string of the molecule is Nc1cc(C(=O)O)ccc1C(O)C(O)CCNC(=O)OCC1c2ccccc2-c2ccccc21. The first-order chi connectivity index (χ1) is 16.4. The number of aromatic carboxylic acids is 1. The van der Waals surface area contributed by atoms with Gasteiger partial charge in [-0.2, -0.15) is 0 Å². The quantitative estimate of drug-likeness (QED) is 0.323. The van der Waals surface area contributed by atoms with E-state index in [0.29, 0.717) is 0 Å². The first-order valence-electron chi connectivity index (χ1n) is 10.9. The van der Waals surface area contributed by atoms with E-state index < -0.39 is 24.3 Å². The third-order valence-corrected chi connectivity index (χ3v) is 6.07. The summed E-state index contributed by atoms with van der Waals surface area (Å²) in [7, 11) is 0. The highest BCUT2D eigenvalue weighted by Crippen LogP contribution is 2.44. The highest BCUT2D eigenvalue weighted by molar-refractivity contribution is 5.89. The van der Waals surface area contributed by atoms with E-state index in [4.69, 9.17) is 15.6 Å². The van der Waals surface area contributed by atoms with Gasteiger partial charge in [-0.25, -0.2) is 9.59 Å². The van der Waals surface area contributed by atoms with Gasteiger partial charge in [-0.15, -0.1) is 0 Å². The molecular formula is C26H26N2O6. The number of carbonyl (C=O) groups excluding carboxylic acids is 1. The van der Waals surface area contributed by atoms with Gasteiger partial charge in [-0.1, -0.05) is 54.6 Å². The number of benzene rings is 3. The Morgan fingerprint density at radius 3 is 2.18 bits per heavy atom. The summed E-state index contributed by atoms with van der Waals surface area (Å²) in [6.07, 6.45) is -3.11. The molecule has 1 aliphatic rings. The molecule has 0 radical (unpaired) electrons. The van der Waals surface area contributed by atoms with Gasteiger partial charge in [0.05, 0.1) is 11.7 Å². The zero-order valence-corrected chi connectivity index (χ0v) is 18.3. The molecule has 0 spiro atoms. The molecule has 0 fully saturated rings. The number of amides is 1. The lowest BCUT2D eigenvalue weighted by atomic mass is 9.98. The molecule has 1 aliphatic carbocycles. The second-order valence-corrected chi connectivity index (χ2v) is 8.20. The zero-order valence-electron chi connectivity index (χ0n) is 18.3. The molecule has 0 heterocycles. The third-order valence-electron chi connectivity index (χ3n) is 6.07. The summed E-state index contributed by atoms with van der Waals surface area (Å²) < 4.78 is 5.45. The Bertz CT molecular complexity index is 1170. The van der Waals surface area contributed by atoms with Gasteiger partial charge in [-0.05, 0) is 40.8 Å². The van der Waals surface area contributed by atoms with Crippen molar-refractivity contribution in [2.45, 2.75) is 24.5 Å². The zero-order chi connectivity index (χ0) is 24.2. The monoisotopic (exact) mass is 462 g/mol. The van der Waals surface area contributed by atoms with Crippen LogP contribution < -0.4 is 11.1 Å². The first kappa shape index (κ1) is 23.3. The average molecular weight is 463 g/mol. The van der Waals surface area contributed by atoms with Crippen molar-refractivity contribution in [2.24, 2.45) is 0 Å². The van der Waals surface area contributed by atoms with Crippen LogP contribution in [0.3, 0.4) is 0 Å². The van der Waals surface area contributed by atoms with E-state index in [1.165, 1.54) is 18.2 Å². The van der Waals surface area contributed by atoms with Crippen molar-refractivity contribution in [3.63, 3.8) is 0 Å². The number of carboxylic acids is 1. The summed E-state index contributed by atoms with van der Waals surface area (Å²) in [4.78, 5) is 23.3. The Morgan fingerprint density at radius 2 is 1.59 bits per heavy atom. The van der Waals surface area contributed by atoms with Gasteiger partial charge in [0.15, 0.2) is 0 Å². The number of fused-ring (bicyclic) bond motifs is 3. The number of aliphatic hydroxyl groups excluding tert-OH is 2. The average Bonchev–Trinajstić information content (AvgIpc) is 3.16. The maximum atomic E-state index is 12.2. The van der Waals surface area contributed by atoms with Crippen LogP contribution in [0, 0.1) is 0 Å². The number of carbonyl (C=O) groups is 2. The van der Waals surface area contributed by atoms with E-state index in [2.05, 4.69) is 17.4 Å². The van der Waals surface area contributed by atoms with Crippen LogP contribution in [0.25, 0.3) is 11.1 Å². The Morgan fingerprint density at radius 1 is 0.971 bits per heavy atom. The van der Waals surface area contributed by atoms with Gasteiger partial charge in [0.1, 0.15) is 12.7 Å². The summed E-state index contributed by atoms with van der Waals surface area (Å²) in [5.41, 5.74) is 10.6. The van der Waals surface area contributed by atoms with Crippen LogP contribution in [0.5, 0.6) is 0 Å². The van der Waals surface area contributed by atoms with Gasteiger partial charge in [0, 0.05) is 23.7 Å². The number of anilines is 1. The fourth-order valence-electron chi connectivity index (χ4n) is 4.31. The third kappa shape index (κ3) is 4.73. The Hall–Kier alpha value is -3.88. The highest BCUT2D eigenvalue weighted by Gasteiger charge is 2.29. The molecule has 4 rings (SSSR count). The maximum absolute atomic E-state index is 12.2. The van der Waals surface area contributed by atoms with E-state index in [-0.39, 0.29) is 42.3 Å². The van der Waals surface area contributed by atoms with Crippen molar-refractivity contribution in [1.29, 1.82) is 0 Å².